The highest BCUT2D eigenvalue weighted by Crippen LogP contribution is 2.28. The first-order chi connectivity index (χ1) is 9.06. The predicted molar refractivity (Wildman–Crippen MR) is 73.4 cm³/mol. The first kappa shape index (κ1) is 13.7. The summed E-state index contributed by atoms with van der Waals surface area (Å²) in [6.07, 6.45) is 4.16. The molecule has 1 aromatic heterocycles. The number of rotatable bonds is 4. The molecule has 4 N–H and O–H groups in total. The number of nitrogens with zero attached hydrogens (tertiary/aromatic N) is 2. The molecule has 19 heavy (non-hydrogen) atoms. The van der Waals surface area contributed by atoms with Crippen LogP contribution in [0.15, 0.2) is 9.59 Å². The molecule has 1 heterocycles. The lowest BCUT2D eigenvalue weighted by Gasteiger charge is -2.30. The van der Waals surface area contributed by atoms with E-state index in [4.69, 9.17) is 5.73 Å². The molecular weight excluding hydrogens is 248 g/mol. The van der Waals surface area contributed by atoms with Gasteiger partial charge in [-0.15, -0.1) is 0 Å². The Hall–Kier alpha value is -1.76. The molecule has 7 heteroatoms. The Kier molecular flexibility index (Phi) is 3.94. The molecule has 1 fully saturated rings. The van der Waals surface area contributed by atoms with Crippen LogP contribution in [0, 0.1) is 0 Å². The lowest BCUT2D eigenvalue weighted by atomic mass is 10.2. The summed E-state index contributed by atoms with van der Waals surface area (Å²) in [6.45, 7) is 0.286. The molecule has 0 unspecified atom stereocenters. The van der Waals surface area contributed by atoms with Crippen LogP contribution in [0.4, 0.5) is 11.5 Å². The van der Waals surface area contributed by atoms with Gasteiger partial charge in [-0.05, 0) is 12.8 Å². The van der Waals surface area contributed by atoms with Crippen molar-refractivity contribution in [3.63, 3.8) is 0 Å². The summed E-state index contributed by atoms with van der Waals surface area (Å²) in [7, 11) is 1.52. The van der Waals surface area contributed by atoms with E-state index in [1.165, 1.54) is 11.6 Å². The van der Waals surface area contributed by atoms with Gasteiger partial charge in [0.1, 0.15) is 11.5 Å². The lowest BCUT2D eigenvalue weighted by molar-refractivity contribution is 0.297. The second-order valence-corrected chi connectivity index (χ2v) is 4.91. The molecule has 0 amide bonds. The quantitative estimate of drug-likeness (QED) is 0.676. The maximum atomic E-state index is 12.0. The summed E-state index contributed by atoms with van der Waals surface area (Å²) >= 11 is 0. The van der Waals surface area contributed by atoms with Gasteiger partial charge >= 0.3 is 5.69 Å². The van der Waals surface area contributed by atoms with Crippen molar-refractivity contribution in [2.24, 2.45) is 7.05 Å². The van der Waals surface area contributed by atoms with Gasteiger partial charge < -0.3 is 15.7 Å². The molecule has 7 nitrogen and oxygen atoms in total. The van der Waals surface area contributed by atoms with Crippen LogP contribution in [0.3, 0.4) is 0 Å². The summed E-state index contributed by atoms with van der Waals surface area (Å²) in [5, 5.41) is 9.20. The van der Waals surface area contributed by atoms with Crippen LogP contribution in [-0.2, 0) is 7.05 Å². The van der Waals surface area contributed by atoms with E-state index in [0.29, 0.717) is 12.2 Å². The van der Waals surface area contributed by atoms with E-state index in [1.807, 2.05) is 4.90 Å². The maximum absolute atomic E-state index is 12.0. The average molecular weight is 268 g/mol. The van der Waals surface area contributed by atoms with Crippen LogP contribution in [-0.4, -0.2) is 33.9 Å². The van der Waals surface area contributed by atoms with Crippen LogP contribution in [0.2, 0.25) is 0 Å². The van der Waals surface area contributed by atoms with Crippen molar-refractivity contribution in [3.8, 4) is 0 Å². The average Bonchev–Trinajstić information content (AvgIpc) is 2.89. The van der Waals surface area contributed by atoms with Crippen molar-refractivity contribution in [1.82, 2.24) is 9.55 Å². The molecule has 1 aliphatic rings. The van der Waals surface area contributed by atoms with Gasteiger partial charge in [-0.1, -0.05) is 12.8 Å². The minimum absolute atomic E-state index is 0.0573. The Bertz CT molecular complexity index is 557. The summed E-state index contributed by atoms with van der Waals surface area (Å²) in [4.78, 5) is 27.6. The number of nitrogens with two attached hydrogens (primary N) is 1. The van der Waals surface area contributed by atoms with Gasteiger partial charge in [-0.3, -0.25) is 14.3 Å². The monoisotopic (exact) mass is 268 g/mol. The van der Waals surface area contributed by atoms with Crippen LogP contribution >= 0.6 is 0 Å². The zero-order valence-electron chi connectivity index (χ0n) is 11.1. The van der Waals surface area contributed by atoms with Gasteiger partial charge in [0, 0.05) is 19.6 Å². The normalized spacial score (nSPS) is 15.9. The molecule has 1 aromatic rings. The third-order valence-electron chi connectivity index (χ3n) is 3.74. The molecule has 0 radical (unpaired) electrons. The number of hydrogen-bond donors (Lipinski definition) is 3. The SMILES string of the molecule is Cn1c(N)c(N(CCO)C2CCCC2)c(=O)[nH]c1=O. The summed E-state index contributed by atoms with van der Waals surface area (Å²) < 4.78 is 1.22. The van der Waals surface area contributed by atoms with Crippen molar-refractivity contribution >= 4 is 11.5 Å². The number of aromatic amines is 1. The van der Waals surface area contributed by atoms with Gasteiger partial charge in [0.05, 0.1) is 6.61 Å². The third-order valence-corrected chi connectivity index (χ3v) is 3.74. The van der Waals surface area contributed by atoms with Gasteiger partial charge in [0.15, 0.2) is 0 Å². The van der Waals surface area contributed by atoms with Crippen LogP contribution < -0.4 is 21.9 Å². The smallest absolute Gasteiger partial charge is 0.329 e. The van der Waals surface area contributed by atoms with Gasteiger partial charge in [0.2, 0.25) is 0 Å². The highest BCUT2D eigenvalue weighted by Gasteiger charge is 2.26. The van der Waals surface area contributed by atoms with E-state index in [0.717, 1.165) is 25.7 Å². The highest BCUT2D eigenvalue weighted by atomic mass is 16.3. The van der Waals surface area contributed by atoms with E-state index >= 15 is 0 Å². The van der Waals surface area contributed by atoms with Crippen LogP contribution in [0.1, 0.15) is 25.7 Å². The number of anilines is 2. The van der Waals surface area contributed by atoms with Crippen molar-refractivity contribution < 1.29 is 5.11 Å². The van der Waals surface area contributed by atoms with Crippen molar-refractivity contribution in [3.05, 3.63) is 20.8 Å². The van der Waals surface area contributed by atoms with Crippen LogP contribution in [0.5, 0.6) is 0 Å². The topological polar surface area (TPSA) is 104 Å². The Morgan fingerprint density at radius 2 is 2.05 bits per heavy atom. The molecule has 106 valence electrons. The second kappa shape index (κ2) is 5.48. The molecule has 0 saturated heterocycles. The minimum Gasteiger partial charge on any atom is -0.395 e. The number of H-pyrrole nitrogens is 1. The summed E-state index contributed by atoms with van der Waals surface area (Å²) in [5.41, 5.74) is 5.19. The maximum Gasteiger partial charge on any atom is 0.329 e. The van der Waals surface area contributed by atoms with Gasteiger partial charge in [0.25, 0.3) is 5.56 Å². The molecule has 1 saturated carbocycles. The Balaban J connectivity index is 2.50. The Labute approximate surface area is 110 Å². The number of aliphatic hydroxyl groups is 1. The second-order valence-electron chi connectivity index (χ2n) is 4.91. The van der Waals surface area contributed by atoms with Crippen molar-refractivity contribution in [1.29, 1.82) is 0 Å². The van der Waals surface area contributed by atoms with E-state index in [1.54, 1.807) is 0 Å². The fraction of sp³-hybridized carbons (Fsp3) is 0.667. The third kappa shape index (κ3) is 2.51. The Morgan fingerprint density at radius 1 is 1.42 bits per heavy atom. The lowest BCUT2D eigenvalue weighted by Crippen LogP contribution is -2.43. The number of nitrogens with one attached hydrogen (secondary N) is 1. The predicted octanol–water partition coefficient (Wildman–Crippen LogP) is -0.603. The standard InChI is InChI=1S/C12H20N4O3/c1-15-10(13)9(11(18)14-12(15)19)16(6-7-17)8-4-2-3-5-8/h8,17H,2-7,13H2,1H3,(H,14,18,19). The first-order valence-corrected chi connectivity index (χ1v) is 6.52. The van der Waals surface area contributed by atoms with E-state index in [2.05, 4.69) is 4.98 Å². The number of hydrogen-bond acceptors (Lipinski definition) is 5. The zero-order valence-corrected chi connectivity index (χ0v) is 11.1. The fourth-order valence-corrected chi connectivity index (χ4v) is 2.70. The summed E-state index contributed by atoms with van der Waals surface area (Å²) in [5.74, 6) is 0.147. The van der Waals surface area contributed by atoms with E-state index < -0.39 is 11.2 Å². The molecule has 0 aliphatic heterocycles. The van der Waals surface area contributed by atoms with Crippen molar-refractivity contribution in [2.75, 3.05) is 23.8 Å². The zero-order chi connectivity index (χ0) is 14.0. The number of aromatic nitrogens is 2. The van der Waals surface area contributed by atoms with Gasteiger partial charge in [-0.2, -0.15) is 0 Å². The molecule has 0 atom stereocenters. The highest BCUT2D eigenvalue weighted by molar-refractivity contribution is 5.63. The molecule has 0 spiro atoms. The number of nitrogen functional groups attached to an aromatic ring is 1. The molecule has 0 bridgehead atoms. The number of aliphatic hydroxyl groups excluding tert-OH is 1. The fourth-order valence-electron chi connectivity index (χ4n) is 2.70. The van der Waals surface area contributed by atoms with E-state index in [-0.39, 0.29) is 18.5 Å². The van der Waals surface area contributed by atoms with Crippen molar-refractivity contribution in [2.45, 2.75) is 31.7 Å². The summed E-state index contributed by atoms with van der Waals surface area (Å²) in [6, 6.07) is 0.202. The molecule has 1 aliphatic carbocycles. The molecule has 0 aromatic carbocycles. The largest absolute Gasteiger partial charge is 0.395 e. The van der Waals surface area contributed by atoms with Gasteiger partial charge in [-0.25, -0.2) is 4.79 Å². The van der Waals surface area contributed by atoms with E-state index in [9.17, 15) is 14.7 Å². The minimum atomic E-state index is -0.526. The van der Waals surface area contributed by atoms with Crippen LogP contribution in [0.25, 0.3) is 0 Å². The molecular formula is C12H20N4O3. The Morgan fingerprint density at radius 3 is 2.63 bits per heavy atom. The first-order valence-electron chi connectivity index (χ1n) is 6.52. The molecule has 2 rings (SSSR count).